The quantitative estimate of drug-likeness (QED) is 0.539. The molecule has 0 atom stereocenters. The molecule has 0 amide bonds. The molecule has 124 valence electrons. The zero-order valence-electron chi connectivity index (χ0n) is 13.3. The molecule has 24 heavy (non-hydrogen) atoms. The van der Waals surface area contributed by atoms with Gasteiger partial charge < -0.3 is 10.2 Å². The molecule has 0 unspecified atom stereocenters. The molecule has 0 radical (unpaired) electrons. The van der Waals surface area contributed by atoms with Crippen molar-refractivity contribution in [3.05, 3.63) is 40.7 Å². The van der Waals surface area contributed by atoms with Crippen LogP contribution in [0.5, 0.6) is 0 Å². The van der Waals surface area contributed by atoms with Crippen LogP contribution in [0.1, 0.15) is 13.8 Å². The molecule has 2 aromatic heterocycles. The van der Waals surface area contributed by atoms with Crippen LogP contribution >= 0.6 is 11.3 Å². The number of nitrogens with one attached hydrogen (secondary N) is 1. The lowest BCUT2D eigenvalue weighted by Crippen LogP contribution is -2.24. The molecule has 0 fully saturated rings. The number of anilines is 3. The Balaban J connectivity index is 2.03. The van der Waals surface area contributed by atoms with Crippen LogP contribution in [0.4, 0.5) is 22.5 Å². The Hall–Kier alpha value is -2.81. The number of nitrogens with zero attached hydrogens (tertiary/aromatic N) is 5. The Labute approximate surface area is 142 Å². The SMILES string of the molecule is CCN(CC)c1ncnc(Nc2nc3ccccc3s2)c1[N+](=O)[O-]. The minimum Gasteiger partial charge on any atom is -0.351 e. The molecule has 0 bridgehead atoms. The molecule has 0 aliphatic carbocycles. The first-order valence-corrected chi connectivity index (χ1v) is 8.32. The Morgan fingerprint density at radius 3 is 2.67 bits per heavy atom. The number of nitro groups is 1. The molecular weight excluding hydrogens is 328 g/mol. The molecule has 0 aliphatic heterocycles. The molecule has 9 heteroatoms. The van der Waals surface area contributed by atoms with E-state index in [4.69, 9.17) is 0 Å². The van der Waals surface area contributed by atoms with Crippen LogP contribution in [0.2, 0.25) is 0 Å². The molecule has 1 aromatic carbocycles. The van der Waals surface area contributed by atoms with Gasteiger partial charge in [-0.1, -0.05) is 23.5 Å². The first kappa shape index (κ1) is 16.1. The summed E-state index contributed by atoms with van der Waals surface area (Å²) in [6.07, 6.45) is 1.33. The van der Waals surface area contributed by atoms with E-state index < -0.39 is 4.92 Å². The van der Waals surface area contributed by atoms with Gasteiger partial charge in [0.25, 0.3) is 0 Å². The second-order valence-corrected chi connectivity index (χ2v) is 5.97. The lowest BCUT2D eigenvalue weighted by molar-refractivity contribution is -0.383. The minimum absolute atomic E-state index is 0.138. The summed E-state index contributed by atoms with van der Waals surface area (Å²) >= 11 is 1.42. The third-order valence-corrected chi connectivity index (χ3v) is 4.52. The van der Waals surface area contributed by atoms with E-state index in [0.29, 0.717) is 24.0 Å². The van der Waals surface area contributed by atoms with Gasteiger partial charge in [-0.3, -0.25) is 10.1 Å². The number of rotatable bonds is 6. The van der Waals surface area contributed by atoms with Gasteiger partial charge in [-0.15, -0.1) is 0 Å². The first-order chi connectivity index (χ1) is 11.6. The molecule has 3 rings (SSSR count). The second-order valence-electron chi connectivity index (χ2n) is 4.94. The molecule has 8 nitrogen and oxygen atoms in total. The van der Waals surface area contributed by atoms with Crippen molar-refractivity contribution in [2.24, 2.45) is 0 Å². The Bertz CT molecular complexity index is 844. The van der Waals surface area contributed by atoms with Gasteiger partial charge in [0.05, 0.1) is 15.1 Å². The number of hydrogen-bond donors (Lipinski definition) is 1. The summed E-state index contributed by atoms with van der Waals surface area (Å²) in [6.45, 7) is 5.09. The van der Waals surface area contributed by atoms with Crippen molar-refractivity contribution in [3.63, 3.8) is 0 Å². The van der Waals surface area contributed by atoms with Gasteiger partial charge in [0.1, 0.15) is 6.33 Å². The third kappa shape index (κ3) is 2.98. The highest BCUT2D eigenvalue weighted by atomic mass is 32.1. The van der Waals surface area contributed by atoms with E-state index in [-0.39, 0.29) is 11.5 Å². The van der Waals surface area contributed by atoms with Crippen molar-refractivity contribution < 1.29 is 4.92 Å². The summed E-state index contributed by atoms with van der Waals surface area (Å²) in [6, 6.07) is 7.67. The molecule has 0 aliphatic rings. The van der Waals surface area contributed by atoms with E-state index in [2.05, 4.69) is 20.3 Å². The van der Waals surface area contributed by atoms with E-state index >= 15 is 0 Å². The maximum Gasteiger partial charge on any atom is 0.353 e. The molecule has 0 saturated carbocycles. The maximum atomic E-state index is 11.6. The van der Waals surface area contributed by atoms with Crippen molar-refractivity contribution in [1.29, 1.82) is 0 Å². The minimum atomic E-state index is -0.455. The predicted molar refractivity (Wildman–Crippen MR) is 95.2 cm³/mol. The highest BCUT2D eigenvalue weighted by Crippen LogP contribution is 2.35. The van der Waals surface area contributed by atoms with E-state index in [1.807, 2.05) is 43.0 Å². The zero-order valence-corrected chi connectivity index (χ0v) is 14.1. The Morgan fingerprint density at radius 2 is 2.00 bits per heavy atom. The first-order valence-electron chi connectivity index (χ1n) is 7.51. The van der Waals surface area contributed by atoms with Gasteiger partial charge in [-0.05, 0) is 26.0 Å². The van der Waals surface area contributed by atoms with Crippen LogP contribution in [-0.2, 0) is 0 Å². The molecule has 0 spiro atoms. The Morgan fingerprint density at radius 1 is 1.25 bits per heavy atom. The number of aromatic nitrogens is 3. The number of para-hydroxylation sites is 1. The molecule has 1 N–H and O–H groups in total. The second kappa shape index (κ2) is 6.75. The monoisotopic (exact) mass is 344 g/mol. The molecule has 3 aromatic rings. The summed E-state index contributed by atoms with van der Waals surface area (Å²) in [5.74, 6) is 0.458. The van der Waals surface area contributed by atoms with E-state index in [1.54, 1.807) is 0 Å². The fraction of sp³-hybridized carbons (Fsp3) is 0.267. The van der Waals surface area contributed by atoms with Crippen molar-refractivity contribution in [1.82, 2.24) is 15.0 Å². The van der Waals surface area contributed by atoms with E-state index in [1.165, 1.54) is 17.7 Å². The summed E-state index contributed by atoms with van der Waals surface area (Å²) in [7, 11) is 0. The van der Waals surface area contributed by atoms with E-state index in [9.17, 15) is 10.1 Å². The third-order valence-electron chi connectivity index (χ3n) is 3.57. The van der Waals surface area contributed by atoms with Crippen LogP contribution in [-0.4, -0.2) is 33.0 Å². The molecule has 2 heterocycles. The van der Waals surface area contributed by atoms with Crippen LogP contribution in [0.15, 0.2) is 30.6 Å². The van der Waals surface area contributed by atoms with Crippen LogP contribution in [0.3, 0.4) is 0 Å². The standard InChI is InChI=1S/C15H16N6O2S/c1-3-20(4-2)14-12(21(22)23)13(16-9-17-14)19-15-18-10-7-5-6-8-11(10)24-15/h5-9H,3-4H2,1-2H3,(H,16,17,18,19). The maximum absolute atomic E-state index is 11.6. The fourth-order valence-corrected chi connectivity index (χ4v) is 3.28. The number of fused-ring (bicyclic) bond motifs is 1. The van der Waals surface area contributed by atoms with E-state index in [0.717, 1.165) is 10.2 Å². The number of benzene rings is 1. The highest BCUT2D eigenvalue weighted by molar-refractivity contribution is 7.22. The predicted octanol–water partition coefficient (Wildman–Crippen LogP) is 3.58. The van der Waals surface area contributed by atoms with Crippen LogP contribution in [0, 0.1) is 10.1 Å². The average molecular weight is 344 g/mol. The molecule has 0 saturated heterocycles. The normalized spacial score (nSPS) is 10.8. The van der Waals surface area contributed by atoms with Gasteiger partial charge in [0.2, 0.25) is 11.6 Å². The summed E-state index contributed by atoms with van der Waals surface area (Å²) in [5.41, 5.74) is 0.700. The van der Waals surface area contributed by atoms with Gasteiger partial charge in [-0.2, -0.15) is 0 Å². The Kier molecular flexibility index (Phi) is 4.52. The van der Waals surface area contributed by atoms with Gasteiger partial charge in [-0.25, -0.2) is 15.0 Å². The van der Waals surface area contributed by atoms with Crippen LogP contribution < -0.4 is 10.2 Å². The zero-order chi connectivity index (χ0) is 17.1. The lowest BCUT2D eigenvalue weighted by atomic mass is 10.3. The van der Waals surface area contributed by atoms with Gasteiger partial charge in [0, 0.05) is 13.1 Å². The fourth-order valence-electron chi connectivity index (χ4n) is 2.41. The largest absolute Gasteiger partial charge is 0.353 e. The molecular formula is C15H16N6O2S. The van der Waals surface area contributed by atoms with Crippen LogP contribution in [0.25, 0.3) is 10.2 Å². The van der Waals surface area contributed by atoms with Crippen molar-refractivity contribution >= 4 is 44.0 Å². The van der Waals surface area contributed by atoms with Crippen molar-refractivity contribution in [2.45, 2.75) is 13.8 Å². The van der Waals surface area contributed by atoms with Crippen molar-refractivity contribution in [2.75, 3.05) is 23.3 Å². The summed E-state index contributed by atoms with van der Waals surface area (Å²) < 4.78 is 1.00. The summed E-state index contributed by atoms with van der Waals surface area (Å²) in [4.78, 5) is 25.5. The lowest BCUT2D eigenvalue weighted by Gasteiger charge is -2.19. The average Bonchev–Trinajstić information content (AvgIpc) is 2.98. The van der Waals surface area contributed by atoms with Gasteiger partial charge in [0.15, 0.2) is 5.13 Å². The summed E-state index contributed by atoms with van der Waals surface area (Å²) in [5, 5.41) is 15.1. The van der Waals surface area contributed by atoms with Crippen molar-refractivity contribution in [3.8, 4) is 0 Å². The number of hydrogen-bond acceptors (Lipinski definition) is 8. The number of thiazole rings is 1. The highest BCUT2D eigenvalue weighted by Gasteiger charge is 2.26. The van der Waals surface area contributed by atoms with Gasteiger partial charge >= 0.3 is 5.69 Å². The smallest absolute Gasteiger partial charge is 0.351 e. The topological polar surface area (TPSA) is 97.1 Å².